The summed E-state index contributed by atoms with van der Waals surface area (Å²) in [7, 11) is 1.62. The summed E-state index contributed by atoms with van der Waals surface area (Å²) < 4.78 is 0. The van der Waals surface area contributed by atoms with Crippen molar-refractivity contribution < 1.29 is 9.72 Å². The van der Waals surface area contributed by atoms with Crippen LogP contribution in [0.5, 0.6) is 0 Å². The molecule has 1 aromatic rings. The third kappa shape index (κ3) is 3.40. The molecule has 21 heavy (non-hydrogen) atoms. The van der Waals surface area contributed by atoms with Crippen molar-refractivity contribution in [3.63, 3.8) is 0 Å². The number of hydrogen-bond donors (Lipinski definition) is 3. The molecule has 8 nitrogen and oxygen atoms in total. The molecule has 114 valence electrons. The van der Waals surface area contributed by atoms with Gasteiger partial charge in [-0.05, 0) is 18.9 Å². The molecule has 0 saturated carbocycles. The highest BCUT2D eigenvalue weighted by Gasteiger charge is 2.26. The quantitative estimate of drug-likeness (QED) is 0.431. The predicted octanol–water partition coefficient (Wildman–Crippen LogP) is 0.843. The average molecular weight is 293 g/mol. The fraction of sp³-hybridized carbons (Fsp3) is 0.462. The van der Waals surface area contributed by atoms with Crippen LogP contribution in [0.25, 0.3) is 0 Å². The highest BCUT2D eigenvalue weighted by atomic mass is 16.6. The molecule has 0 aliphatic carbocycles. The third-order valence-electron chi connectivity index (χ3n) is 3.68. The zero-order valence-corrected chi connectivity index (χ0v) is 11.8. The van der Waals surface area contributed by atoms with Gasteiger partial charge in [0, 0.05) is 38.0 Å². The summed E-state index contributed by atoms with van der Waals surface area (Å²) >= 11 is 0. The molecule has 0 bridgehead atoms. The number of nitrogens with one attached hydrogen (secondary N) is 2. The van der Waals surface area contributed by atoms with E-state index < -0.39 is 4.92 Å². The molecule has 1 heterocycles. The number of rotatable bonds is 4. The molecular weight excluding hydrogens is 274 g/mol. The van der Waals surface area contributed by atoms with Gasteiger partial charge < -0.3 is 15.6 Å². The van der Waals surface area contributed by atoms with Gasteiger partial charge in [-0.15, -0.1) is 0 Å². The number of nitrogen functional groups attached to an aromatic ring is 1. The van der Waals surface area contributed by atoms with Crippen molar-refractivity contribution in [3.8, 4) is 0 Å². The van der Waals surface area contributed by atoms with E-state index in [2.05, 4.69) is 10.7 Å². The summed E-state index contributed by atoms with van der Waals surface area (Å²) in [6.07, 6.45) is 1.69. The third-order valence-corrected chi connectivity index (χ3v) is 3.68. The minimum atomic E-state index is -0.454. The maximum Gasteiger partial charge on any atom is 0.273 e. The van der Waals surface area contributed by atoms with Crippen molar-refractivity contribution in [2.24, 2.45) is 11.8 Å². The lowest BCUT2D eigenvalue weighted by molar-refractivity contribution is -0.384. The maximum absolute atomic E-state index is 11.8. The van der Waals surface area contributed by atoms with Crippen LogP contribution in [0.15, 0.2) is 18.2 Å². The van der Waals surface area contributed by atoms with Gasteiger partial charge >= 0.3 is 0 Å². The Bertz CT molecular complexity index is 549. The van der Waals surface area contributed by atoms with Crippen LogP contribution in [0.2, 0.25) is 0 Å². The lowest BCUT2D eigenvalue weighted by Gasteiger charge is -2.33. The monoisotopic (exact) mass is 293 g/mol. The average Bonchev–Trinajstić information content (AvgIpc) is 2.53. The van der Waals surface area contributed by atoms with Crippen LogP contribution in [0.1, 0.15) is 12.8 Å². The summed E-state index contributed by atoms with van der Waals surface area (Å²) in [5.74, 6) is 5.26. The van der Waals surface area contributed by atoms with Crippen LogP contribution in [0, 0.1) is 16.0 Å². The van der Waals surface area contributed by atoms with Gasteiger partial charge in [0.25, 0.3) is 5.69 Å². The number of non-ortho nitro benzene ring substituents is 1. The van der Waals surface area contributed by atoms with Crippen molar-refractivity contribution in [1.82, 2.24) is 5.32 Å². The minimum absolute atomic E-state index is 0.00213. The topological polar surface area (TPSA) is 114 Å². The fourth-order valence-corrected chi connectivity index (χ4v) is 2.60. The number of hydrogen-bond acceptors (Lipinski definition) is 6. The summed E-state index contributed by atoms with van der Waals surface area (Å²) in [6, 6.07) is 4.63. The number of amides is 1. The van der Waals surface area contributed by atoms with Crippen molar-refractivity contribution >= 4 is 23.0 Å². The number of benzene rings is 1. The molecule has 8 heteroatoms. The zero-order valence-electron chi connectivity index (χ0n) is 11.8. The number of carbonyl (C=O) groups is 1. The molecule has 1 aliphatic heterocycles. The van der Waals surface area contributed by atoms with E-state index in [9.17, 15) is 14.9 Å². The fourth-order valence-electron chi connectivity index (χ4n) is 2.60. The second-order valence-corrected chi connectivity index (χ2v) is 5.04. The van der Waals surface area contributed by atoms with E-state index in [0.29, 0.717) is 17.9 Å². The first-order chi connectivity index (χ1) is 10.0. The van der Waals surface area contributed by atoms with Gasteiger partial charge in [0.15, 0.2) is 0 Å². The smallest absolute Gasteiger partial charge is 0.273 e. The molecule has 1 unspecified atom stereocenters. The van der Waals surface area contributed by atoms with Gasteiger partial charge in [0.05, 0.1) is 16.5 Å². The van der Waals surface area contributed by atoms with E-state index in [0.717, 1.165) is 19.4 Å². The number of hydrazine groups is 1. The first-order valence-electron chi connectivity index (χ1n) is 6.77. The standard InChI is InChI=1S/C13H19N5O3/c1-15-13(19)9-3-2-4-17(8-9)11-5-10(16-14)6-12(7-11)18(20)21/h5-7,9,16H,2-4,8,14H2,1H3,(H,15,19). The number of anilines is 2. The zero-order chi connectivity index (χ0) is 15.4. The first kappa shape index (κ1) is 15.0. The highest BCUT2D eigenvalue weighted by Crippen LogP contribution is 2.29. The second-order valence-electron chi connectivity index (χ2n) is 5.04. The molecule has 1 aromatic carbocycles. The van der Waals surface area contributed by atoms with E-state index in [4.69, 9.17) is 5.84 Å². The van der Waals surface area contributed by atoms with Crippen molar-refractivity contribution in [2.75, 3.05) is 30.5 Å². The molecule has 1 atom stereocenters. The van der Waals surface area contributed by atoms with Crippen molar-refractivity contribution in [3.05, 3.63) is 28.3 Å². The molecular formula is C13H19N5O3. The van der Waals surface area contributed by atoms with E-state index in [1.165, 1.54) is 12.1 Å². The van der Waals surface area contributed by atoms with E-state index >= 15 is 0 Å². The van der Waals surface area contributed by atoms with E-state index in [1.54, 1.807) is 13.1 Å². The molecule has 0 aromatic heterocycles. The molecule has 1 saturated heterocycles. The van der Waals surface area contributed by atoms with Crippen molar-refractivity contribution in [1.29, 1.82) is 0 Å². The minimum Gasteiger partial charge on any atom is -0.370 e. The number of carbonyl (C=O) groups excluding carboxylic acids is 1. The normalized spacial score (nSPS) is 18.2. The Balaban J connectivity index is 2.26. The molecule has 1 amide bonds. The molecule has 1 fully saturated rings. The SMILES string of the molecule is CNC(=O)C1CCCN(c2cc(NN)cc([N+](=O)[O-])c2)C1. The summed E-state index contributed by atoms with van der Waals surface area (Å²) in [5.41, 5.74) is 3.58. The lowest BCUT2D eigenvalue weighted by atomic mass is 9.96. The first-order valence-corrected chi connectivity index (χ1v) is 6.77. The van der Waals surface area contributed by atoms with Gasteiger partial charge in [0.1, 0.15) is 0 Å². The van der Waals surface area contributed by atoms with Crippen molar-refractivity contribution in [2.45, 2.75) is 12.8 Å². The van der Waals surface area contributed by atoms with Crippen LogP contribution in [0.3, 0.4) is 0 Å². The van der Waals surface area contributed by atoms with Crippen LogP contribution in [0.4, 0.5) is 17.1 Å². The van der Waals surface area contributed by atoms with Gasteiger partial charge in [-0.2, -0.15) is 0 Å². The van der Waals surface area contributed by atoms with Gasteiger partial charge in [-0.25, -0.2) is 0 Å². The Morgan fingerprint density at radius 1 is 1.48 bits per heavy atom. The van der Waals surface area contributed by atoms with Gasteiger partial charge in [-0.1, -0.05) is 0 Å². The highest BCUT2D eigenvalue weighted by molar-refractivity contribution is 5.79. The van der Waals surface area contributed by atoms with Gasteiger partial charge in [0.2, 0.25) is 5.91 Å². The molecule has 0 spiro atoms. The number of nitrogens with zero attached hydrogens (tertiary/aromatic N) is 2. The Hall–Kier alpha value is -2.35. The molecule has 2 rings (SSSR count). The summed E-state index contributed by atoms with van der Waals surface area (Å²) in [4.78, 5) is 24.3. The number of nitrogens with two attached hydrogens (primary N) is 1. The summed E-state index contributed by atoms with van der Waals surface area (Å²) in [6.45, 7) is 1.31. The Labute approximate surface area is 122 Å². The largest absolute Gasteiger partial charge is 0.370 e. The predicted molar refractivity (Wildman–Crippen MR) is 79.9 cm³/mol. The Morgan fingerprint density at radius 2 is 2.24 bits per heavy atom. The van der Waals surface area contributed by atoms with Crippen LogP contribution >= 0.6 is 0 Å². The maximum atomic E-state index is 11.8. The number of nitro benzene ring substituents is 1. The number of nitro groups is 1. The van der Waals surface area contributed by atoms with Crippen LogP contribution in [-0.4, -0.2) is 31.0 Å². The van der Waals surface area contributed by atoms with Crippen LogP contribution in [-0.2, 0) is 4.79 Å². The number of piperidine rings is 1. The Morgan fingerprint density at radius 3 is 2.86 bits per heavy atom. The van der Waals surface area contributed by atoms with E-state index in [-0.39, 0.29) is 17.5 Å². The van der Waals surface area contributed by atoms with Crippen LogP contribution < -0.4 is 21.5 Å². The van der Waals surface area contributed by atoms with E-state index in [1.807, 2.05) is 4.90 Å². The Kier molecular flexibility index (Phi) is 4.59. The lowest BCUT2D eigenvalue weighted by Crippen LogP contribution is -2.42. The molecule has 1 aliphatic rings. The summed E-state index contributed by atoms with van der Waals surface area (Å²) in [5, 5.41) is 13.6. The second kappa shape index (κ2) is 6.40. The van der Waals surface area contributed by atoms with Gasteiger partial charge in [-0.3, -0.25) is 20.8 Å². The molecule has 0 radical (unpaired) electrons. The molecule has 4 N–H and O–H groups in total.